The largest absolute Gasteiger partial charge is 0.356 e. The first-order valence-electron chi connectivity index (χ1n) is 7.98. The average Bonchev–Trinajstić information content (AvgIpc) is 2.99. The van der Waals surface area contributed by atoms with Crippen LogP contribution in [0.5, 0.6) is 0 Å². The van der Waals surface area contributed by atoms with Crippen molar-refractivity contribution >= 4 is 38.9 Å². The second-order valence-electron chi connectivity index (χ2n) is 5.74. The normalized spacial score (nSPS) is 17.3. The Morgan fingerprint density at radius 2 is 2.04 bits per heavy atom. The van der Waals surface area contributed by atoms with E-state index in [9.17, 15) is 13.2 Å². The van der Waals surface area contributed by atoms with Crippen molar-refractivity contribution < 1.29 is 13.2 Å². The topological polar surface area (TPSA) is 66.5 Å². The van der Waals surface area contributed by atoms with Gasteiger partial charge in [0.2, 0.25) is 5.91 Å². The van der Waals surface area contributed by atoms with Crippen LogP contribution in [0.4, 0.5) is 0 Å². The summed E-state index contributed by atoms with van der Waals surface area (Å²) in [5.74, 6) is -0.0349. The standard InChI is InChI=1S/C15H23ClN2O3S2/c1-2-3-4-9-17-15(19)12-7-10-18(11-8-12)23(20,21)14-6-5-13(16)22-14/h5-6,12H,2-4,7-11H2,1H3,(H,17,19). The quantitative estimate of drug-likeness (QED) is 0.741. The van der Waals surface area contributed by atoms with Gasteiger partial charge in [0.25, 0.3) is 10.0 Å². The number of hydrogen-bond donors (Lipinski definition) is 1. The van der Waals surface area contributed by atoms with Gasteiger partial charge in [0.15, 0.2) is 0 Å². The van der Waals surface area contributed by atoms with Gasteiger partial charge in [-0.15, -0.1) is 11.3 Å². The van der Waals surface area contributed by atoms with Gasteiger partial charge in [-0.05, 0) is 31.4 Å². The highest BCUT2D eigenvalue weighted by Crippen LogP contribution is 2.30. The molecule has 0 unspecified atom stereocenters. The number of rotatable bonds is 7. The van der Waals surface area contributed by atoms with E-state index in [1.54, 1.807) is 6.07 Å². The van der Waals surface area contributed by atoms with Crippen molar-refractivity contribution in [2.24, 2.45) is 5.92 Å². The second-order valence-corrected chi connectivity index (χ2v) is 9.61. The Labute approximate surface area is 147 Å². The van der Waals surface area contributed by atoms with Crippen LogP contribution in [0.15, 0.2) is 16.3 Å². The van der Waals surface area contributed by atoms with Gasteiger partial charge >= 0.3 is 0 Å². The van der Waals surface area contributed by atoms with Crippen molar-refractivity contribution in [2.75, 3.05) is 19.6 Å². The van der Waals surface area contributed by atoms with Crippen LogP contribution in [0, 0.1) is 5.92 Å². The van der Waals surface area contributed by atoms with Gasteiger partial charge in [-0.25, -0.2) is 8.42 Å². The van der Waals surface area contributed by atoms with E-state index in [-0.39, 0.29) is 16.0 Å². The molecule has 0 aliphatic carbocycles. The average molecular weight is 379 g/mol. The van der Waals surface area contributed by atoms with Crippen molar-refractivity contribution in [3.63, 3.8) is 0 Å². The molecule has 0 radical (unpaired) electrons. The molecule has 1 N–H and O–H groups in total. The highest BCUT2D eigenvalue weighted by molar-refractivity contribution is 7.91. The Morgan fingerprint density at radius 1 is 1.35 bits per heavy atom. The molecule has 1 aromatic heterocycles. The van der Waals surface area contributed by atoms with Crippen LogP contribution in [0.25, 0.3) is 0 Å². The maximum atomic E-state index is 12.5. The summed E-state index contributed by atoms with van der Waals surface area (Å²) < 4.78 is 27.2. The molecule has 1 aliphatic rings. The van der Waals surface area contributed by atoms with E-state index in [0.717, 1.165) is 30.6 Å². The van der Waals surface area contributed by atoms with Crippen molar-refractivity contribution in [3.05, 3.63) is 16.5 Å². The summed E-state index contributed by atoms with van der Waals surface area (Å²) in [6.45, 7) is 3.59. The lowest BCUT2D eigenvalue weighted by Crippen LogP contribution is -2.43. The van der Waals surface area contributed by atoms with Crippen molar-refractivity contribution in [2.45, 2.75) is 43.2 Å². The number of unbranched alkanes of at least 4 members (excludes halogenated alkanes) is 2. The number of nitrogens with one attached hydrogen (secondary N) is 1. The summed E-state index contributed by atoms with van der Waals surface area (Å²) in [7, 11) is -3.48. The smallest absolute Gasteiger partial charge is 0.252 e. The van der Waals surface area contributed by atoms with Gasteiger partial charge in [0.05, 0.1) is 4.34 Å². The number of sulfonamides is 1. The predicted octanol–water partition coefficient (Wildman–Crippen LogP) is 3.11. The number of carbonyl (C=O) groups excluding carboxylic acids is 1. The monoisotopic (exact) mass is 378 g/mol. The fraction of sp³-hybridized carbons (Fsp3) is 0.667. The molecule has 0 bridgehead atoms. The number of nitrogens with zero attached hydrogens (tertiary/aromatic N) is 1. The molecule has 1 fully saturated rings. The maximum absolute atomic E-state index is 12.5. The number of amides is 1. The first-order chi connectivity index (χ1) is 10.9. The van der Waals surface area contributed by atoms with E-state index in [1.807, 2.05) is 0 Å². The first-order valence-corrected chi connectivity index (χ1v) is 10.6. The number of thiophene rings is 1. The zero-order valence-corrected chi connectivity index (χ0v) is 15.6. The lowest BCUT2D eigenvalue weighted by molar-refractivity contribution is -0.126. The highest BCUT2D eigenvalue weighted by atomic mass is 35.5. The van der Waals surface area contributed by atoms with Crippen LogP contribution >= 0.6 is 22.9 Å². The molecule has 0 atom stereocenters. The molecule has 1 aromatic rings. The molecule has 23 heavy (non-hydrogen) atoms. The molecule has 0 aromatic carbocycles. The minimum Gasteiger partial charge on any atom is -0.356 e. The van der Waals surface area contributed by atoms with Crippen LogP contribution in [0.3, 0.4) is 0 Å². The molecule has 5 nitrogen and oxygen atoms in total. The summed E-state index contributed by atoms with van der Waals surface area (Å²) in [4.78, 5) is 12.1. The van der Waals surface area contributed by atoms with Crippen molar-refractivity contribution in [1.29, 1.82) is 0 Å². The first kappa shape index (κ1) is 18.7. The summed E-state index contributed by atoms with van der Waals surface area (Å²) in [6.07, 6.45) is 4.36. The Balaban J connectivity index is 1.85. The van der Waals surface area contributed by atoms with E-state index in [1.165, 1.54) is 10.4 Å². The molecule has 1 saturated heterocycles. The summed E-state index contributed by atoms with van der Waals surface area (Å²) >= 11 is 6.89. The van der Waals surface area contributed by atoms with E-state index < -0.39 is 10.0 Å². The Kier molecular flexibility index (Phi) is 6.88. The van der Waals surface area contributed by atoms with Crippen LogP contribution in [0.2, 0.25) is 4.34 Å². The maximum Gasteiger partial charge on any atom is 0.252 e. The fourth-order valence-corrected chi connectivity index (χ4v) is 5.76. The third-order valence-corrected chi connectivity index (χ3v) is 7.64. The van der Waals surface area contributed by atoms with Crippen LogP contribution in [-0.4, -0.2) is 38.3 Å². The van der Waals surface area contributed by atoms with Crippen LogP contribution < -0.4 is 5.32 Å². The minimum atomic E-state index is -3.48. The summed E-state index contributed by atoms with van der Waals surface area (Å²) in [6, 6.07) is 3.13. The van der Waals surface area contributed by atoms with Gasteiger partial charge in [0, 0.05) is 25.6 Å². The molecule has 2 heterocycles. The van der Waals surface area contributed by atoms with Crippen LogP contribution in [0.1, 0.15) is 39.0 Å². The molecule has 130 valence electrons. The van der Waals surface area contributed by atoms with E-state index in [4.69, 9.17) is 11.6 Å². The minimum absolute atomic E-state index is 0.0531. The van der Waals surface area contributed by atoms with Gasteiger partial charge in [-0.1, -0.05) is 31.4 Å². The number of piperidine rings is 1. The Morgan fingerprint density at radius 3 is 2.61 bits per heavy atom. The highest BCUT2D eigenvalue weighted by Gasteiger charge is 2.32. The lowest BCUT2D eigenvalue weighted by atomic mass is 9.97. The number of hydrogen-bond acceptors (Lipinski definition) is 4. The van der Waals surface area contributed by atoms with E-state index >= 15 is 0 Å². The SMILES string of the molecule is CCCCCNC(=O)C1CCN(S(=O)(=O)c2ccc(Cl)s2)CC1. The van der Waals surface area contributed by atoms with Gasteiger partial charge in [-0.2, -0.15) is 4.31 Å². The third kappa shape index (κ3) is 4.92. The third-order valence-electron chi connectivity index (χ3n) is 4.05. The molecule has 2 rings (SSSR count). The molecular formula is C15H23ClN2O3S2. The Bertz CT molecular complexity index is 622. The molecule has 0 spiro atoms. The number of halogens is 1. The number of carbonyl (C=O) groups is 1. The van der Waals surface area contributed by atoms with E-state index in [0.29, 0.717) is 36.8 Å². The predicted molar refractivity (Wildman–Crippen MR) is 93.3 cm³/mol. The molecule has 1 amide bonds. The van der Waals surface area contributed by atoms with Crippen molar-refractivity contribution in [1.82, 2.24) is 9.62 Å². The van der Waals surface area contributed by atoms with Gasteiger partial charge in [0.1, 0.15) is 4.21 Å². The summed E-state index contributed by atoms with van der Waals surface area (Å²) in [5, 5.41) is 2.95. The van der Waals surface area contributed by atoms with Gasteiger partial charge in [-0.3, -0.25) is 4.79 Å². The molecule has 1 aliphatic heterocycles. The van der Waals surface area contributed by atoms with Gasteiger partial charge < -0.3 is 5.32 Å². The zero-order valence-electron chi connectivity index (χ0n) is 13.3. The van der Waals surface area contributed by atoms with E-state index in [2.05, 4.69) is 12.2 Å². The molecule has 8 heteroatoms. The fourth-order valence-electron chi connectivity index (χ4n) is 2.65. The molecule has 0 saturated carbocycles. The second kappa shape index (κ2) is 8.46. The van der Waals surface area contributed by atoms with Crippen LogP contribution in [-0.2, 0) is 14.8 Å². The zero-order chi connectivity index (χ0) is 16.9. The van der Waals surface area contributed by atoms with Crippen molar-refractivity contribution in [3.8, 4) is 0 Å². The lowest BCUT2D eigenvalue weighted by Gasteiger charge is -2.30. The summed E-state index contributed by atoms with van der Waals surface area (Å²) in [5.41, 5.74) is 0. The Hall–Kier alpha value is -0.630. The molecular weight excluding hydrogens is 356 g/mol.